The zero-order valence-corrected chi connectivity index (χ0v) is 10.7. The van der Waals surface area contributed by atoms with Crippen LogP contribution in [0.1, 0.15) is 25.8 Å². The molecule has 1 aliphatic carbocycles. The third kappa shape index (κ3) is 1.36. The third-order valence-electron chi connectivity index (χ3n) is 3.54. The molecule has 2 rings (SSSR count). The molecule has 1 aromatic rings. The Morgan fingerprint density at radius 3 is 2.38 bits per heavy atom. The second kappa shape index (κ2) is 3.23. The number of hydrogen-bond acceptors (Lipinski definition) is 2. The quantitative estimate of drug-likeness (QED) is 0.878. The molecule has 4 heteroatoms. The van der Waals surface area contributed by atoms with Crippen LogP contribution in [0.15, 0.2) is 22.7 Å². The lowest BCUT2D eigenvalue weighted by Gasteiger charge is -2.16. The first-order valence-electron chi connectivity index (χ1n) is 5.04. The van der Waals surface area contributed by atoms with E-state index < -0.39 is 11.4 Å². The Kier molecular flexibility index (Phi) is 2.31. The molecule has 86 valence electrons. The van der Waals surface area contributed by atoms with Crippen molar-refractivity contribution in [3.05, 3.63) is 28.2 Å². The van der Waals surface area contributed by atoms with Crippen molar-refractivity contribution in [2.75, 3.05) is 0 Å². The van der Waals surface area contributed by atoms with Crippen LogP contribution in [-0.2, 0) is 10.2 Å². The van der Waals surface area contributed by atoms with Gasteiger partial charge in [0.1, 0.15) is 5.75 Å². The smallest absolute Gasteiger partial charge is 0.314 e. The molecule has 1 unspecified atom stereocenters. The SMILES string of the molecule is CC1(C)CC1(C(=O)O)c1ccc(O)c(Br)c1. The normalized spacial score (nSPS) is 26.4. The predicted octanol–water partition coefficient (Wildman–Crippen LogP) is 2.91. The maximum Gasteiger partial charge on any atom is 0.314 e. The molecular weight excluding hydrogens is 272 g/mol. The van der Waals surface area contributed by atoms with Gasteiger partial charge in [-0.3, -0.25) is 4.79 Å². The molecule has 0 aliphatic heterocycles. The molecule has 1 fully saturated rings. The van der Waals surface area contributed by atoms with E-state index in [4.69, 9.17) is 0 Å². The second-order valence-electron chi connectivity index (χ2n) is 4.94. The number of carboxylic acid groups (broad SMARTS) is 1. The summed E-state index contributed by atoms with van der Waals surface area (Å²) in [7, 11) is 0. The molecule has 0 spiro atoms. The molecule has 1 saturated carbocycles. The van der Waals surface area contributed by atoms with Crippen molar-refractivity contribution in [1.29, 1.82) is 0 Å². The number of phenolic OH excluding ortho intramolecular Hbond substituents is 1. The van der Waals surface area contributed by atoms with Gasteiger partial charge in [-0.05, 0) is 45.5 Å². The van der Waals surface area contributed by atoms with E-state index in [9.17, 15) is 15.0 Å². The van der Waals surface area contributed by atoms with E-state index in [2.05, 4.69) is 15.9 Å². The predicted molar refractivity (Wildman–Crippen MR) is 63.5 cm³/mol. The molecular formula is C12H13BrO3. The summed E-state index contributed by atoms with van der Waals surface area (Å²) in [5.41, 5.74) is -0.284. The number of carbonyl (C=O) groups is 1. The number of phenols is 1. The van der Waals surface area contributed by atoms with Gasteiger partial charge in [0.15, 0.2) is 0 Å². The largest absolute Gasteiger partial charge is 0.507 e. The van der Waals surface area contributed by atoms with Crippen LogP contribution in [0, 0.1) is 5.41 Å². The number of hydrogen-bond donors (Lipinski definition) is 2. The summed E-state index contributed by atoms with van der Waals surface area (Å²) in [6, 6.07) is 4.90. The van der Waals surface area contributed by atoms with Crippen LogP contribution in [0.3, 0.4) is 0 Å². The number of rotatable bonds is 2. The first-order valence-corrected chi connectivity index (χ1v) is 5.83. The van der Waals surface area contributed by atoms with Crippen LogP contribution in [0.5, 0.6) is 5.75 Å². The van der Waals surface area contributed by atoms with Crippen LogP contribution in [0.2, 0.25) is 0 Å². The highest BCUT2D eigenvalue weighted by Gasteiger charge is 2.67. The molecule has 2 N–H and O–H groups in total. The lowest BCUT2D eigenvalue weighted by molar-refractivity contribution is -0.141. The molecule has 3 nitrogen and oxygen atoms in total. The fourth-order valence-corrected chi connectivity index (χ4v) is 2.75. The summed E-state index contributed by atoms with van der Waals surface area (Å²) in [5.74, 6) is -0.669. The molecule has 0 saturated heterocycles. The highest BCUT2D eigenvalue weighted by Crippen LogP contribution is 2.64. The summed E-state index contributed by atoms with van der Waals surface area (Å²) in [4.78, 5) is 11.4. The monoisotopic (exact) mass is 284 g/mol. The number of carboxylic acids is 1. The van der Waals surface area contributed by atoms with Crippen LogP contribution >= 0.6 is 15.9 Å². The van der Waals surface area contributed by atoms with Crippen molar-refractivity contribution in [3.8, 4) is 5.75 Å². The minimum Gasteiger partial charge on any atom is -0.507 e. The minimum absolute atomic E-state index is 0.128. The Balaban J connectivity index is 2.51. The van der Waals surface area contributed by atoms with Gasteiger partial charge in [0.25, 0.3) is 0 Å². The Morgan fingerprint density at radius 1 is 1.44 bits per heavy atom. The molecule has 0 radical (unpaired) electrons. The van der Waals surface area contributed by atoms with Gasteiger partial charge >= 0.3 is 5.97 Å². The van der Waals surface area contributed by atoms with Crippen molar-refractivity contribution >= 4 is 21.9 Å². The van der Waals surface area contributed by atoms with Crippen molar-refractivity contribution in [3.63, 3.8) is 0 Å². The molecule has 0 bridgehead atoms. The minimum atomic E-state index is -0.802. The van der Waals surface area contributed by atoms with Gasteiger partial charge in [-0.15, -0.1) is 0 Å². The Morgan fingerprint density at radius 2 is 2.00 bits per heavy atom. The average molecular weight is 285 g/mol. The highest BCUT2D eigenvalue weighted by molar-refractivity contribution is 9.10. The van der Waals surface area contributed by atoms with Crippen molar-refractivity contribution in [2.24, 2.45) is 5.41 Å². The first kappa shape index (κ1) is 11.5. The van der Waals surface area contributed by atoms with Crippen LogP contribution in [0.25, 0.3) is 0 Å². The van der Waals surface area contributed by atoms with Crippen molar-refractivity contribution in [1.82, 2.24) is 0 Å². The molecule has 0 amide bonds. The average Bonchev–Trinajstić information content (AvgIpc) is 2.75. The third-order valence-corrected chi connectivity index (χ3v) is 4.18. The van der Waals surface area contributed by atoms with Gasteiger partial charge in [-0.1, -0.05) is 19.9 Å². The molecule has 1 atom stereocenters. The van der Waals surface area contributed by atoms with Crippen molar-refractivity contribution < 1.29 is 15.0 Å². The first-order chi connectivity index (χ1) is 7.31. The summed E-state index contributed by atoms with van der Waals surface area (Å²) in [5, 5.41) is 18.8. The van der Waals surface area contributed by atoms with E-state index >= 15 is 0 Å². The van der Waals surface area contributed by atoms with Gasteiger partial charge in [-0.25, -0.2) is 0 Å². The van der Waals surface area contributed by atoms with Gasteiger partial charge in [0.2, 0.25) is 0 Å². The fraction of sp³-hybridized carbons (Fsp3) is 0.417. The highest BCUT2D eigenvalue weighted by atomic mass is 79.9. The van der Waals surface area contributed by atoms with Gasteiger partial charge in [0.05, 0.1) is 9.89 Å². The Labute approximate surface area is 102 Å². The lowest BCUT2D eigenvalue weighted by Crippen LogP contribution is -2.25. The van der Waals surface area contributed by atoms with E-state index in [1.54, 1.807) is 12.1 Å². The molecule has 0 heterocycles. The molecule has 1 aliphatic rings. The summed E-state index contributed by atoms with van der Waals surface area (Å²) < 4.78 is 0.535. The molecule has 16 heavy (non-hydrogen) atoms. The number of aliphatic carboxylic acids is 1. The Bertz CT molecular complexity index is 467. The van der Waals surface area contributed by atoms with Gasteiger partial charge in [-0.2, -0.15) is 0 Å². The summed E-state index contributed by atoms with van der Waals surface area (Å²) in [6.45, 7) is 3.89. The lowest BCUT2D eigenvalue weighted by atomic mass is 9.88. The number of benzene rings is 1. The Hall–Kier alpha value is -1.03. The zero-order valence-electron chi connectivity index (χ0n) is 9.12. The van der Waals surface area contributed by atoms with Gasteiger partial charge < -0.3 is 10.2 Å². The molecule has 1 aromatic carbocycles. The van der Waals surface area contributed by atoms with Crippen LogP contribution in [-0.4, -0.2) is 16.2 Å². The van der Waals surface area contributed by atoms with E-state index in [1.807, 2.05) is 13.8 Å². The van der Waals surface area contributed by atoms with Crippen LogP contribution in [0.4, 0.5) is 0 Å². The summed E-state index contributed by atoms with van der Waals surface area (Å²) >= 11 is 3.21. The number of halogens is 1. The zero-order chi connectivity index (χ0) is 12.1. The fourth-order valence-electron chi connectivity index (χ4n) is 2.37. The molecule has 0 aromatic heterocycles. The van der Waals surface area contributed by atoms with E-state index in [0.29, 0.717) is 10.9 Å². The van der Waals surface area contributed by atoms with Gasteiger partial charge in [0, 0.05) is 0 Å². The van der Waals surface area contributed by atoms with Crippen molar-refractivity contribution in [2.45, 2.75) is 25.7 Å². The maximum atomic E-state index is 11.4. The maximum absolute atomic E-state index is 11.4. The standard InChI is InChI=1S/C12H13BrO3/c1-11(2)6-12(11,10(15)16)7-3-4-9(14)8(13)5-7/h3-5,14H,6H2,1-2H3,(H,15,16). The second-order valence-corrected chi connectivity index (χ2v) is 5.79. The van der Waals surface area contributed by atoms with E-state index in [-0.39, 0.29) is 11.2 Å². The summed E-state index contributed by atoms with van der Waals surface area (Å²) in [6.07, 6.45) is 0.631. The van der Waals surface area contributed by atoms with Crippen LogP contribution < -0.4 is 0 Å². The number of aromatic hydroxyl groups is 1. The topological polar surface area (TPSA) is 57.5 Å². The van der Waals surface area contributed by atoms with E-state index in [1.165, 1.54) is 6.07 Å². The van der Waals surface area contributed by atoms with E-state index in [0.717, 1.165) is 5.56 Å².